The minimum absolute atomic E-state index is 0.0143. The molecule has 0 N–H and O–H groups in total. The van der Waals surface area contributed by atoms with E-state index in [1.165, 1.54) is 18.1 Å². The number of carbonyl (C=O) groups is 2. The molecule has 0 spiro atoms. The van der Waals surface area contributed by atoms with Crippen LogP contribution in [0.5, 0.6) is 0 Å². The van der Waals surface area contributed by atoms with Gasteiger partial charge in [0.2, 0.25) is 0 Å². The number of furan rings is 1. The molecule has 0 unspecified atom stereocenters. The van der Waals surface area contributed by atoms with Crippen LogP contribution in [-0.2, 0) is 14.3 Å². The summed E-state index contributed by atoms with van der Waals surface area (Å²) in [5, 5.41) is 0. The number of ketones is 1. The molecule has 0 aliphatic heterocycles. The van der Waals surface area contributed by atoms with Crippen molar-refractivity contribution in [3.63, 3.8) is 0 Å². The lowest BCUT2D eigenvalue weighted by atomic mass is 9.38. The first-order chi connectivity index (χ1) is 15.0. The molecule has 1 aromatic rings. The molecule has 4 aliphatic rings. The van der Waals surface area contributed by atoms with Crippen molar-refractivity contribution in [2.24, 2.45) is 33.5 Å². The van der Waals surface area contributed by atoms with Crippen LogP contribution in [0.15, 0.2) is 46.8 Å². The molecule has 2 fully saturated rings. The van der Waals surface area contributed by atoms with Crippen molar-refractivity contribution in [1.29, 1.82) is 0 Å². The normalized spacial score (nSPS) is 44.3. The fourth-order valence-corrected chi connectivity index (χ4v) is 8.60. The lowest BCUT2D eigenvalue weighted by Crippen LogP contribution is -2.64. The Labute approximate surface area is 191 Å². The highest BCUT2D eigenvalue weighted by Gasteiger charge is 2.68. The third kappa shape index (κ3) is 2.61. The number of rotatable bonds is 2. The zero-order valence-electron chi connectivity index (χ0n) is 20.2. The number of allylic oxidation sites excluding steroid dienone is 3. The summed E-state index contributed by atoms with van der Waals surface area (Å²) in [4.78, 5) is 25.2. The summed E-state index contributed by atoms with van der Waals surface area (Å²) < 4.78 is 11.6. The van der Waals surface area contributed by atoms with Crippen LogP contribution in [0.1, 0.15) is 78.7 Å². The first-order valence-corrected chi connectivity index (χ1v) is 12.1. The standard InChI is InChI=1S/C28H36O4/c1-17(29)32-24-15-22-25(2,3)23(30)10-13-27(22,5)21-9-12-26(4)19(18-11-14-31-16-18)7-8-20(26)28(21,24)6/h8,10-11,13-14,16,19,21-22,24H,7,9,12,15H2,1-6H3/t19-,21-,22+,24-,26-,27+,28-/m0/s1. The SMILES string of the molecule is CC(=O)O[C@H]1C[C@@H]2C(C)(C)C(=O)C=C[C@]2(C)[C@@H]2CC[C@]3(C)C(=CC[C@H]3c3ccoc3)[C@]12C. The van der Waals surface area contributed by atoms with Gasteiger partial charge in [-0.2, -0.15) is 0 Å². The zero-order valence-corrected chi connectivity index (χ0v) is 20.2. The molecule has 4 aliphatic carbocycles. The smallest absolute Gasteiger partial charge is 0.302 e. The molecule has 0 aromatic carbocycles. The van der Waals surface area contributed by atoms with E-state index < -0.39 is 5.41 Å². The Morgan fingerprint density at radius 1 is 1.16 bits per heavy atom. The van der Waals surface area contributed by atoms with Gasteiger partial charge in [-0.25, -0.2) is 0 Å². The molecule has 0 radical (unpaired) electrons. The topological polar surface area (TPSA) is 56.5 Å². The summed E-state index contributed by atoms with van der Waals surface area (Å²) in [5.41, 5.74) is 1.88. The van der Waals surface area contributed by atoms with Crippen LogP contribution in [-0.4, -0.2) is 17.9 Å². The molecular weight excluding hydrogens is 400 g/mol. The van der Waals surface area contributed by atoms with Gasteiger partial charge in [-0.05, 0) is 72.0 Å². The first kappa shape index (κ1) is 21.7. The van der Waals surface area contributed by atoms with Crippen molar-refractivity contribution < 1.29 is 18.7 Å². The van der Waals surface area contributed by atoms with E-state index in [2.05, 4.69) is 52.8 Å². The van der Waals surface area contributed by atoms with Crippen molar-refractivity contribution in [2.45, 2.75) is 79.2 Å². The molecule has 4 heteroatoms. The first-order valence-electron chi connectivity index (χ1n) is 12.1. The Balaban J connectivity index is 1.64. The second kappa shape index (κ2) is 6.71. The molecule has 0 bridgehead atoms. The highest BCUT2D eigenvalue weighted by molar-refractivity contribution is 5.95. The molecule has 2 saturated carbocycles. The number of ether oxygens (including phenoxy) is 1. The number of esters is 1. The van der Waals surface area contributed by atoms with E-state index in [0.29, 0.717) is 11.8 Å². The van der Waals surface area contributed by atoms with Crippen molar-refractivity contribution in [3.8, 4) is 0 Å². The van der Waals surface area contributed by atoms with E-state index in [1.54, 1.807) is 6.26 Å². The van der Waals surface area contributed by atoms with Crippen LogP contribution < -0.4 is 0 Å². The average molecular weight is 437 g/mol. The summed E-state index contributed by atoms with van der Waals surface area (Å²) in [6.45, 7) is 12.8. The minimum atomic E-state index is -0.465. The van der Waals surface area contributed by atoms with Crippen molar-refractivity contribution in [3.05, 3.63) is 48.0 Å². The van der Waals surface area contributed by atoms with Crippen LogP contribution in [0.4, 0.5) is 0 Å². The van der Waals surface area contributed by atoms with E-state index in [4.69, 9.17) is 9.15 Å². The van der Waals surface area contributed by atoms with Gasteiger partial charge in [0, 0.05) is 17.8 Å². The van der Waals surface area contributed by atoms with Crippen molar-refractivity contribution in [2.75, 3.05) is 0 Å². The Morgan fingerprint density at radius 3 is 2.56 bits per heavy atom. The van der Waals surface area contributed by atoms with E-state index in [9.17, 15) is 9.59 Å². The molecule has 0 amide bonds. The fourth-order valence-electron chi connectivity index (χ4n) is 8.60. The lowest BCUT2D eigenvalue weighted by molar-refractivity contribution is -0.187. The largest absolute Gasteiger partial charge is 0.472 e. The van der Waals surface area contributed by atoms with Crippen LogP contribution in [0.2, 0.25) is 0 Å². The second-order valence-electron chi connectivity index (χ2n) is 11.9. The molecule has 32 heavy (non-hydrogen) atoms. The predicted octanol–water partition coefficient (Wildman–Crippen LogP) is 6.24. The fraction of sp³-hybridized carbons (Fsp3) is 0.643. The number of hydrogen-bond acceptors (Lipinski definition) is 4. The lowest BCUT2D eigenvalue weighted by Gasteiger charge is -2.66. The van der Waals surface area contributed by atoms with Crippen molar-refractivity contribution in [1.82, 2.24) is 0 Å². The van der Waals surface area contributed by atoms with Crippen LogP contribution in [0.3, 0.4) is 0 Å². The van der Waals surface area contributed by atoms with Gasteiger partial charge in [-0.15, -0.1) is 0 Å². The summed E-state index contributed by atoms with van der Waals surface area (Å²) in [5.74, 6) is 0.796. The molecule has 4 nitrogen and oxygen atoms in total. The Kier molecular flexibility index (Phi) is 4.56. The van der Waals surface area contributed by atoms with E-state index in [-0.39, 0.29) is 40.0 Å². The second-order valence-corrected chi connectivity index (χ2v) is 11.9. The maximum atomic E-state index is 12.9. The van der Waals surface area contributed by atoms with Gasteiger partial charge in [0.25, 0.3) is 0 Å². The molecule has 1 heterocycles. The van der Waals surface area contributed by atoms with Gasteiger partial charge in [0.1, 0.15) is 6.10 Å². The Hall–Kier alpha value is -2.10. The molecule has 0 saturated heterocycles. The third-order valence-electron chi connectivity index (χ3n) is 10.2. The maximum absolute atomic E-state index is 12.9. The van der Waals surface area contributed by atoms with Crippen LogP contribution >= 0.6 is 0 Å². The van der Waals surface area contributed by atoms with E-state index in [0.717, 1.165) is 25.7 Å². The minimum Gasteiger partial charge on any atom is -0.472 e. The summed E-state index contributed by atoms with van der Waals surface area (Å²) >= 11 is 0. The quantitative estimate of drug-likeness (QED) is 0.407. The molecule has 5 rings (SSSR count). The maximum Gasteiger partial charge on any atom is 0.302 e. The van der Waals surface area contributed by atoms with Gasteiger partial charge >= 0.3 is 5.97 Å². The van der Waals surface area contributed by atoms with Gasteiger partial charge < -0.3 is 9.15 Å². The van der Waals surface area contributed by atoms with E-state index >= 15 is 0 Å². The highest BCUT2D eigenvalue weighted by atomic mass is 16.5. The molecular formula is C28H36O4. The monoisotopic (exact) mass is 436 g/mol. The zero-order chi connectivity index (χ0) is 23.1. The highest BCUT2D eigenvalue weighted by Crippen LogP contribution is 2.72. The van der Waals surface area contributed by atoms with Gasteiger partial charge in [0.05, 0.1) is 12.5 Å². The average Bonchev–Trinajstić information content (AvgIpc) is 3.34. The Morgan fingerprint density at radius 2 is 1.91 bits per heavy atom. The third-order valence-corrected chi connectivity index (χ3v) is 10.2. The predicted molar refractivity (Wildman–Crippen MR) is 123 cm³/mol. The number of hydrogen-bond donors (Lipinski definition) is 0. The molecule has 1 aromatic heterocycles. The summed E-state index contributed by atoms with van der Waals surface area (Å²) in [6, 6.07) is 2.10. The van der Waals surface area contributed by atoms with Crippen molar-refractivity contribution >= 4 is 11.8 Å². The van der Waals surface area contributed by atoms with Crippen LogP contribution in [0.25, 0.3) is 0 Å². The summed E-state index contributed by atoms with van der Waals surface area (Å²) in [7, 11) is 0. The Bertz CT molecular complexity index is 1010. The molecule has 7 atom stereocenters. The number of fused-ring (bicyclic) bond motifs is 5. The molecule has 172 valence electrons. The van der Waals surface area contributed by atoms with Gasteiger partial charge in [-0.3, -0.25) is 9.59 Å². The van der Waals surface area contributed by atoms with Gasteiger partial charge in [-0.1, -0.05) is 52.3 Å². The number of carbonyl (C=O) groups excluding carboxylic acids is 2. The van der Waals surface area contributed by atoms with E-state index in [1.807, 2.05) is 12.3 Å². The van der Waals surface area contributed by atoms with Gasteiger partial charge in [0.15, 0.2) is 5.78 Å². The van der Waals surface area contributed by atoms with Crippen LogP contribution in [0, 0.1) is 33.5 Å². The summed E-state index contributed by atoms with van der Waals surface area (Å²) in [6.07, 6.45) is 13.7.